The summed E-state index contributed by atoms with van der Waals surface area (Å²) in [5, 5.41) is 4.80. The number of nitrogens with zero attached hydrogens (tertiary/aromatic N) is 1. The average molecular weight is 357 g/mol. The van der Waals surface area contributed by atoms with Crippen molar-refractivity contribution >= 4 is 35.2 Å². The van der Waals surface area contributed by atoms with E-state index in [2.05, 4.69) is 10.6 Å². The summed E-state index contributed by atoms with van der Waals surface area (Å²) < 4.78 is 5.18. The van der Waals surface area contributed by atoms with Crippen LogP contribution in [0.15, 0.2) is 18.2 Å². The van der Waals surface area contributed by atoms with Gasteiger partial charge in [0.05, 0.1) is 30.1 Å². The normalized spacial score (nSPS) is 24.8. The number of hydrogen-bond acceptors (Lipinski definition) is 6. The van der Waals surface area contributed by atoms with Gasteiger partial charge >= 0.3 is 0 Å². The van der Waals surface area contributed by atoms with Crippen LogP contribution in [0.3, 0.4) is 0 Å². The molecule has 5 amide bonds. The minimum Gasteiger partial charge on any atom is -0.381 e. The van der Waals surface area contributed by atoms with Crippen LogP contribution in [0.25, 0.3) is 0 Å². The van der Waals surface area contributed by atoms with Crippen molar-refractivity contribution in [1.82, 2.24) is 10.2 Å². The van der Waals surface area contributed by atoms with E-state index in [1.54, 1.807) is 0 Å². The van der Waals surface area contributed by atoms with Crippen LogP contribution >= 0.6 is 0 Å². The number of amides is 5. The number of hydrogen-bond donors (Lipinski definition) is 2. The van der Waals surface area contributed by atoms with Gasteiger partial charge in [-0.05, 0) is 24.6 Å². The largest absolute Gasteiger partial charge is 0.381 e. The van der Waals surface area contributed by atoms with E-state index in [1.165, 1.54) is 18.2 Å². The number of imide groups is 2. The molecule has 9 heteroatoms. The van der Waals surface area contributed by atoms with Gasteiger partial charge in [-0.25, -0.2) is 0 Å². The van der Waals surface area contributed by atoms with Gasteiger partial charge in [0.25, 0.3) is 11.8 Å². The molecule has 1 aromatic carbocycles. The lowest BCUT2D eigenvalue weighted by atomic mass is 10.1. The van der Waals surface area contributed by atoms with E-state index in [-0.39, 0.29) is 29.4 Å². The summed E-state index contributed by atoms with van der Waals surface area (Å²) in [7, 11) is 0. The number of carbonyl (C=O) groups excluding carboxylic acids is 5. The Morgan fingerprint density at radius 1 is 1.15 bits per heavy atom. The van der Waals surface area contributed by atoms with Crippen molar-refractivity contribution in [2.24, 2.45) is 5.92 Å². The Bertz CT molecular complexity index is 858. The first kappa shape index (κ1) is 16.4. The van der Waals surface area contributed by atoms with Gasteiger partial charge in [0.2, 0.25) is 17.7 Å². The third-order valence-electron chi connectivity index (χ3n) is 4.74. The van der Waals surface area contributed by atoms with Crippen LogP contribution in [0.2, 0.25) is 0 Å². The Kier molecular flexibility index (Phi) is 3.80. The molecule has 26 heavy (non-hydrogen) atoms. The second-order valence-electron chi connectivity index (χ2n) is 6.42. The maximum Gasteiger partial charge on any atom is 0.262 e. The van der Waals surface area contributed by atoms with Crippen LogP contribution < -0.4 is 10.6 Å². The minimum absolute atomic E-state index is 0.0996. The van der Waals surface area contributed by atoms with Crippen molar-refractivity contribution < 1.29 is 28.7 Å². The molecule has 2 atom stereocenters. The summed E-state index contributed by atoms with van der Waals surface area (Å²) >= 11 is 0. The number of ether oxygens (including phenoxy) is 1. The van der Waals surface area contributed by atoms with Crippen LogP contribution in [-0.2, 0) is 19.1 Å². The van der Waals surface area contributed by atoms with Gasteiger partial charge in [0.15, 0.2) is 0 Å². The molecule has 3 heterocycles. The van der Waals surface area contributed by atoms with Crippen molar-refractivity contribution in [3.05, 3.63) is 29.3 Å². The van der Waals surface area contributed by atoms with Crippen molar-refractivity contribution in [3.63, 3.8) is 0 Å². The van der Waals surface area contributed by atoms with E-state index in [4.69, 9.17) is 4.74 Å². The zero-order valence-corrected chi connectivity index (χ0v) is 13.6. The number of nitrogens with one attached hydrogen (secondary N) is 2. The molecule has 0 bridgehead atoms. The molecule has 0 radical (unpaired) electrons. The van der Waals surface area contributed by atoms with Crippen LogP contribution in [0.4, 0.5) is 5.69 Å². The van der Waals surface area contributed by atoms with E-state index in [1.807, 2.05) is 0 Å². The standard InChI is InChI=1S/C17H15N3O6/c21-13-6-12(15(23)19-13)20-16(24)10-2-1-9(5-11(10)17(20)25)18-14(22)8-3-4-26-7-8/h1-2,5,8,12H,3-4,6-7H2,(H,18,22)(H,19,21,23). The van der Waals surface area contributed by atoms with Crippen LogP contribution in [0.5, 0.6) is 0 Å². The third-order valence-corrected chi connectivity index (χ3v) is 4.74. The average Bonchev–Trinajstić information content (AvgIpc) is 3.29. The lowest BCUT2D eigenvalue weighted by Crippen LogP contribution is -2.44. The van der Waals surface area contributed by atoms with Crippen molar-refractivity contribution in [2.45, 2.75) is 18.9 Å². The van der Waals surface area contributed by atoms with Gasteiger partial charge in [0.1, 0.15) is 6.04 Å². The van der Waals surface area contributed by atoms with Crippen LogP contribution in [-0.4, -0.2) is 53.7 Å². The molecule has 2 unspecified atom stereocenters. The first-order valence-electron chi connectivity index (χ1n) is 8.20. The molecule has 134 valence electrons. The molecular formula is C17H15N3O6. The number of anilines is 1. The summed E-state index contributed by atoms with van der Waals surface area (Å²) in [5.41, 5.74) is 0.627. The van der Waals surface area contributed by atoms with Crippen molar-refractivity contribution in [3.8, 4) is 0 Å². The molecule has 0 aromatic heterocycles. The Balaban J connectivity index is 1.57. The molecule has 0 saturated carbocycles. The Hall–Kier alpha value is -3.07. The molecule has 2 saturated heterocycles. The second-order valence-corrected chi connectivity index (χ2v) is 6.42. The number of benzene rings is 1. The van der Waals surface area contributed by atoms with Gasteiger partial charge in [-0.1, -0.05) is 0 Å². The lowest BCUT2D eigenvalue weighted by molar-refractivity contribution is -0.126. The van der Waals surface area contributed by atoms with Gasteiger partial charge in [-0.3, -0.25) is 34.2 Å². The molecule has 0 aliphatic carbocycles. The fraction of sp³-hybridized carbons (Fsp3) is 0.353. The zero-order valence-electron chi connectivity index (χ0n) is 13.6. The molecule has 3 aliphatic heterocycles. The number of carbonyl (C=O) groups is 5. The van der Waals surface area contributed by atoms with E-state index in [0.29, 0.717) is 25.3 Å². The third kappa shape index (κ3) is 2.57. The van der Waals surface area contributed by atoms with E-state index in [9.17, 15) is 24.0 Å². The monoisotopic (exact) mass is 357 g/mol. The van der Waals surface area contributed by atoms with E-state index >= 15 is 0 Å². The molecule has 0 spiro atoms. The first-order chi connectivity index (χ1) is 12.5. The van der Waals surface area contributed by atoms with Gasteiger partial charge < -0.3 is 10.1 Å². The zero-order chi connectivity index (χ0) is 18.4. The second kappa shape index (κ2) is 6.03. The quantitative estimate of drug-likeness (QED) is 0.715. The van der Waals surface area contributed by atoms with Crippen molar-refractivity contribution in [1.29, 1.82) is 0 Å². The molecule has 2 fully saturated rings. The van der Waals surface area contributed by atoms with E-state index in [0.717, 1.165) is 4.90 Å². The molecule has 1 aromatic rings. The minimum atomic E-state index is -1.14. The summed E-state index contributed by atoms with van der Waals surface area (Å²) in [5.74, 6) is -2.92. The Labute approximate surface area is 147 Å². The number of rotatable bonds is 3. The summed E-state index contributed by atoms with van der Waals surface area (Å²) in [4.78, 5) is 61.3. The smallest absolute Gasteiger partial charge is 0.262 e. The summed E-state index contributed by atoms with van der Waals surface area (Å²) in [6.07, 6.45) is 0.391. The van der Waals surface area contributed by atoms with Gasteiger partial charge in [-0.15, -0.1) is 0 Å². The van der Waals surface area contributed by atoms with Gasteiger partial charge in [-0.2, -0.15) is 0 Å². The maximum atomic E-state index is 12.6. The summed E-state index contributed by atoms with van der Waals surface area (Å²) in [6.45, 7) is 0.888. The Morgan fingerprint density at radius 2 is 1.92 bits per heavy atom. The topological polar surface area (TPSA) is 122 Å². The molecule has 2 N–H and O–H groups in total. The first-order valence-corrected chi connectivity index (χ1v) is 8.20. The molecule has 3 aliphatic rings. The summed E-state index contributed by atoms with van der Waals surface area (Å²) in [6, 6.07) is 3.24. The highest BCUT2D eigenvalue weighted by Crippen LogP contribution is 2.29. The van der Waals surface area contributed by atoms with Gasteiger partial charge in [0, 0.05) is 12.3 Å². The molecular weight excluding hydrogens is 342 g/mol. The van der Waals surface area contributed by atoms with Crippen LogP contribution in [0, 0.1) is 5.92 Å². The van der Waals surface area contributed by atoms with Crippen molar-refractivity contribution in [2.75, 3.05) is 18.5 Å². The SMILES string of the molecule is O=C1CC(N2C(=O)c3ccc(NC(=O)C4CCOC4)cc3C2=O)C(=O)N1. The number of fused-ring (bicyclic) bond motifs is 1. The fourth-order valence-electron chi connectivity index (χ4n) is 3.35. The van der Waals surface area contributed by atoms with E-state index < -0.39 is 29.7 Å². The Morgan fingerprint density at radius 3 is 2.58 bits per heavy atom. The fourth-order valence-corrected chi connectivity index (χ4v) is 3.35. The van der Waals surface area contributed by atoms with Crippen LogP contribution in [0.1, 0.15) is 33.6 Å². The molecule has 4 rings (SSSR count). The highest BCUT2D eigenvalue weighted by molar-refractivity contribution is 6.24. The maximum absolute atomic E-state index is 12.6. The predicted octanol–water partition coefficient (Wildman–Crippen LogP) is -0.327. The highest BCUT2D eigenvalue weighted by atomic mass is 16.5. The lowest BCUT2D eigenvalue weighted by Gasteiger charge is -2.18. The highest BCUT2D eigenvalue weighted by Gasteiger charge is 2.46. The predicted molar refractivity (Wildman–Crippen MR) is 86.1 cm³/mol. The molecule has 9 nitrogen and oxygen atoms in total.